The first-order valence-corrected chi connectivity index (χ1v) is 8.13. The Morgan fingerprint density at radius 2 is 2.10 bits per heavy atom. The van der Waals surface area contributed by atoms with E-state index in [0.29, 0.717) is 6.42 Å². The number of nitrogens with one attached hydrogen (secondary N) is 1. The van der Waals surface area contributed by atoms with E-state index in [1.165, 1.54) is 12.8 Å². The highest BCUT2D eigenvalue weighted by Crippen LogP contribution is 2.43. The van der Waals surface area contributed by atoms with Crippen LogP contribution in [0.4, 0.5) is 11.4 Å². The molecule has 3 atom stereocenters. The van der Waals surface area contributed by atoms with Gasteiger partial charge in [-0.2, -0.15) is 0 Å². The van der Waals surface area contributed by atoms with Crippen LogP contribution in [0.3, 0.4) is 0 Å². The monoisotopic (exact) mass is 282 g/mol. The van der Waals surface area contributed by atoms with Crippen molar-refractivity contribution >= 4 is 17.3 Å². The Bertz CT molecular complexity index is 580. The highest BCUT2D eigenvalue weighted by molar-refractivity contribution is 5.98. The van der Waals surface area contributed by atoms with Gasteiger partial charge in [0, 0.05) is 19.5 Å². The molecule has 1 saturated carbocycles. The number of carbonyl (C=O) groups is 1. The van der Waals surface area contributed by atoms with Crippen molar-refractivity contribution in [2.75, 3.05) is 23.3 Å². The zero-order valence-corrected chi connectivity index (χ0v) is 12.3. The van der Waals surface area contributed by atoms with Gasteiger partial charge in [-0.05, 0) is 49.1 Å². The van der Waals surface area contributed by atoms with Gasteiger partial charge in [0.1, 0.15) is 0 Å². The second-order valence-corrected chi connectivity index (χ2v) is 6.59. The normalized spacial score (nSPS) is 30.4. The molecule has 3 nitrogen and oxygen atoms in total. The number of benzene rings is 1. The molecule has 4 rings (SSSR count). The molecule has 2 fully saturated rings. The average molecular weight is 282 g/mol. The van der Waals surface area contributed by atoms with Crippen molar-refractivity contribution in [1.29, 1.82) is 0 Å². The van der Waals surface area contributed by atoms with Crippen molar-refractivity contribution in [3.05, 3.63) is 36.4 Å². The third kappa shape index (κ3) is 2.35. The molecule has 110 valence electrons. The maximum absolute atomic E-state index is 12.0. The minimum atomic E-state index is 0.257. The zero-order chi connectivity index (χ0) is 14.2. The standard InChI is InChI=1S/C18H22N2O/c21-18-6-3-9-20(18)17-5-2-1-4-16(17)19-12-15-11-13-7-8-14(15)10-13/h1-2,4-5,7-8,13-15,19H,3,6,9-12H2. The number of rotatable bonds is 4. The molecule has 1 aromatic rings. The van der Waals surface area contributed by atoms with Crippen LogP contribution in [0.1, 0.15) is 25.7 Å². The molecule has 0 radical (unpaired) electrons. The lowest BCUT2D eigenvalue weighted by Gasteiger charge is -2.23. The summed E-state index contributed by atoms with van der Waals surface area (Å²) in [4.78, 5) is 13.9. The number of allylic oxidation sites excluding steroid dienone is 2. The van der Waals surface area contributed by atoms with E-state index < -0.39 is 0 Å². The molecular formula is C18H22N2O. The van der Waals surface area contributed by atoms with Crippen molar-refractivity contribution in [2.45, 2.75) is 25.7 Å². The van der Waals surface area contributed by atoms with Gasteiger partial charge in [0.25, 0.3) is 0 Å². The molecule has 1 aliphatic heterocycles. The summed E-state index contributed by atoms with van der Waals surface area (Å²) < 4.78 is 0. The van der Waals surface area contributed by atoms with E-state index in [2.05, 4.69) is 29.6 Å². The first-order valence-electron chi connectivity index (χ1n) is 8.13. The first-order chi connectivity index (χ1) is 10.3. The van der Waals surface area contributed by atoms with Crippen LogP contribution in [0, 0.1) is 17.8 Å². The molecule has 3 heteroatoms. The maximum Gasteiger partial charge on any atom is 0.227 e. The van der Waals surface area contributed by atoms with Gasteiger partial charge >= 0.3 is 0 Å². The van der Waals surface area contributed by atoms with E-state index in [1.54, 1.807) is 0 Å². The van der Waals surface area contributed by atoms with Crippen LogP contribution < -0.4 is 10.2 Å². The Kier molecular flexibility index (Phi) is 3.21. The number of carbonyl (C=O) groups excluding carboxylic acids is 1. The second-order valence-electron chi connectivity index (χ2n) is 6.59. The Balaban J connectivity index is 1.47. The van der Waals surface area contributed by atoms with Crippen molar-refractivity contribution in [1.82, 2.24) is 0 Å². The van der Waals surface area contributed by atoms with Crippen molar-refractivity contribution < 1.29 is 4.79 Å². The highest BCUT2D eigenvalue weighted by Gasteiger charge is 2.35. The molecule has 1 heterocycles. The molecule has 1 saturated heterocycles. The fraction of sp³-hybridized carbons (Fsp3) is 0.500. The number of para-hydroxylation sites is 2. The lowest BCUT2D eigenvalue weighted by atomic mass is 9.93. The molecule has 0 aromatic heterocycles. The van der Waals surface area contributed by atoms with Gasteiger partial charge in [-0.1, -0.05) is 24.3 Å². The van der Waals surface area contributed by atoms with Crippen molar-refractivity contribution in [2.24, 2.45) is 17.8 Å². The molecule has 2 aliphatic carbocycles. The van der Waals surface area contributed by atoms with Gasteiger partial charge in [0.2, 0.25) is 5.91 Å². The Hall–Kier alpha value is -1.77. The summed E-state index contributed by atoms with van der Waals surface area (Å²) in [6, 6.07) is 8.23. The zero-order valence-electron chi connectivity index (χ0n) is 12.3. The summed E-state index contributed by atoms with van der Waals surface area (Å²) in [7, 11) is 0. The van der Waals surface area contributed by atoms with Crippen LogP contribution in [-0.4, -0.2) is 19.0 Å². The number of amides is 1. The third-order valence-corrected chi connectivity index (χ3v) is 5.24. The van der Waals surface area contributed by atoms with E-state index in [1.807, 2.05) is 17.0 Å². The van der Waals surface area contributed by atoms with Crippen LogP contribution in [0.25, 0.3) is 0 Å². The molecule has 2 bridgehead atoms. The van der Waals surface area contributed by atoms with E-state index in [-0.39, 0.29) is 5.91 Å². The molecule has 0 spiro atoms. The van der Waals surface area contributed by atoms with Crippen LogP contribution in [0.2, 0.25) is 0 Å². The Morgan fingerprint density at radius 1 is 1.19 bits per heavy atom. The number of anilines is 2. The first kappa shape index (κ1) is 12.9. The van der Waals surface area contributed by atoms with Crippen LogP contribution in [-0.2, 0) is 4.79 Å². The summed E-state index contributed by atoms with van der Waals surface area (Å²) in [5.41, 5.74) is 2.17. The average Bonchev–Trinajstić information content (AvgIpc) is 3.22. The minimum absolute atomic E-state index is 0.257. The largest absolute Gasteiger partial charge is 0.383 e. The van der Waals surface area contributed by atoms with Gasteiger partial charge in [0.05, 0.1) is 11.4 Å². The van der Waals surface area contributed by atoms with E-state index in [0.717, 1.165) is 48.6 Å². The number of nitrogens with zero attached hydrogens (tertiary/aromatic N) is 1. The van der Waals surface area contributed by atoms with E-state index >= 15 is 0 Å². The van der Waals surface area contributed by atoms with Gasteiger partial charge in [0.15, 0.2) is 0 Å². The molecule has 21 heavy (non-hydrogen) atoms. The predicted octanol–water partition coefficient (Wildman–Crippen LogP) is 3.44. The Morgan fingerprint density at radius 3 is 2.81 bits per heavy atom. The topological polar surface area (TPSA) is 32.3 Å². The van der Waals surface area contributed by atoms with Crippen molar-refractivity contribution in [3.8, 4) is 0 Å². The summed E-state index contributed by atoms with van der Waals surface area (Å²) in [5, 5.41) is 3.61. The molecular weight excluding hydrogens is 260 g/mol. The highest BCUT2D eigenvalue weighted by atomic mass is 16.2. The molecule has 1 N–H and O–H groups in total. The van der Waals surface area contributed by atoms with E-state index in [9.17, 15) is 4.79 Å². The quantitative estimate of drug-likeness (QED) is 0.858. The summed E-state index contributed by atoms with van der Waals surface area (Å²) in [6.07, 6.45) is 9.11. The number of fused-ring (bicyclic) bond motifs is 2. The van der Waals surface area contributed by atoms with Gasteiger partial charge in [-0.3, -0.25) is 4.79 Å². The van der Waals surface area contributed by atoms with Crippen LogP contribution >= 0.6 is 0 Å². The fourth-order valence-electron chi connectivity index (χ4n) is 4.13. The number of hydrogen-bond acceptors (Lipinski definition) is 2. The third-order valence-electron chi connectivity index (χ3n) is 5.24. The predicted molar refractivity (Wildman–Crippen MR) is 85.4 cm³/mol. The van der Waals surface area contributed by atoms with Crippen LogP contribution in [0.5, 0.6) is 0 Å². The molecule has 3 unspecified atom stereocenters. The molecule has 1 amide bonds. The maximum atomic E-state index is 12.0. The van der Waals surface area contributed by atoms with Crippen molar-refractivity contribution in [3.63, 3.8) is 0 Å². The second kappa shape index (κ2) is 5.21. The minimum Gasteiger partial charge on any atom is -0.383 e. The molecule has 1 aromatic carbocycles. The lowest BCUT2D eigenvalue weighted by molar-refractivity contribution is -0.117. The number of hydrogen-bond donors (Lipinski definition) is 1. The summed E-state index contributed by atoms with van der Waals surface area (Å²) in [6.45, 7) is 1.87. The van der Waals surface area contributed by atoms with Crippen LogP contribution in [0.15, 0.2) is 36.4 Å². The molecule has 3 aliphatic rings. The fourth-order valence-corrected chi connectivity index (χ4v) is 4.13. The smallest absolute Gasteiger partial charge is 0.227 e. The summed E-state index contributed by atoms with van der Waals surface area (Å²) >= 11 is 0. The lowest BCUT2D eigenvalue weighted by Crippen LogP contribution is -2.26. The van der Waals surface area contributed by atoms with Gasteiger partial charge in [-0.25, -0.2) is 0 Å². The SMILES string of the molecule is O=C1CCCN1c1ccccc1NCC1CC2C=CC1C2. The Labute approximate surface area is 126 Å². The summed E-state index contributed by atoms with van der Waals surface area (Å²) in [5.74, 6) is 2.59. The van der Waals surface area contributed by atoms with E-state index in [4.69, 9.17) is 0 Å². The van der Waals surface area contributed by atoms with Gasteiger partial charge in [-0.15, -0.1) is 0 Å². The van der Waals surface area contributed by atoms with Gasteiger partial charge < -0.3 is 10.2 Å².